The van der Waals surface area contributed by atoms with Crippen LogP contribution in [-0.2, 0) is 16.0 Å². The van der Waals surface area contributed by atoms with Gasteiger partial charge in [-0.3, -0.25) is 4.90 Å². The molecule has 1 aromatic rings. The fourth-order valence-corrected chi connectivity index (χ4v) is 2.78. The summed E-state index contributed by atoms with van der Waals surface area (Å²) in [4.78, 5) is 2.50. The fourth-order valence-electron chi connectivity index (χ4n) is 2.12. The van der Waals surface area contributed by atoms with Crippen molar-refractivity contribution in [2.75, 3.05) is 19.8 Å². The molecule has 3 nitrogen and oxygen atoms in total. The van der Waals surface area contributed by atoms with E-state index in [4.69, 9.17) is 9.47 Å². The highest BCUT2D eigenvalue weighted by atomic mass is 32.1. The van der Waals surface area contributed by atoms with Crippen molar-refractivity contribution < 1.29 is 9.47 Å². The minimum atomic E-state index is -0.0840. The van der Waals surface area contributed by atoms with Crippen molar-refractivity contribution in [3.63, 3.8) is 0 Å². The molecular formula is C14H23NO2S. The van der Waals surface area contributed by atoms with Gasteiger partial charge in [0.2, 0.25) is 0 Å². The Kier molecular flexibility index (Phi) is 5.63. The summed E-state index contributed by atoms with van der Waals surface area (Å²) in [5, 5.41) is 4.37. The maximum Gasteiger partial charge on any atom is 0.170 e. The highest BCUT2D eigenvalue weighted by Crippen LogP contribution is 2.29. The Balaban J connectivity index is 1.88. The molecule has 1 aliphatic rings. The van der Waals surface area contributed by atoms with Crippen molar-refractivity contribution in [1.82, 2.24) is 4.90 Å². The molecule has 102 valence electrons. The highest BCUT2D eigenvalue weighted by molar-refractivity contribution is 7.07. The van der Waals surface area contributed by atoms with Crippen LogP contribution in [0.5, 0.6) is 0 Å². The molecule has 1 aromatic heterocycles. The van der Waals surface area contributed by atoms with Gasteiger partial charge in [0.25, 0.3) is 0 Å². The third-order valence-corrected chi connectivity index (χ3v) is 3.85. The average molecular weight is 269 g/mol. The zero-order chi connectivity index (χ0) is 12.8. The minimum absolute atomic E-state index is 0.0840. The molecule has 0 spiro atoms. The number of ether oxygens (including phenoxy) is 2. The molecule has 1 aliphatic carbocycles. The second-order valence-corrected chi connectivity index (χ2v) is 5.41. The molecular weight excluding hydrogens is 246 g/mol. The SMILES string of the molecule is CCOC(CN(Cc1ccsc1)C1CC1)OCC. The van der Waals surface area contributed by atoms with Crippen LogP contribution in [0.15, 0.2) is 16.8 Å². The summed E-state index contributed by atoms with van der Waals surface area (Å²) < 4.78 is 11.3. The molecule has 18 heavy (non-hydrogen) atoms. The van der Waals surface area contributed by atoms with Gasteiger partial charge >= 0.3 is 0 Å². The maximum atomic E-state index is 5.65. The van der Waals surface area contributed by atoms with E-state index in [1.807, 2.05) is 13.8 Å². The molecule has 0 unspecified atom stereocenters. The minimum Gasteiger partial charge on any atom is -0.352 e. The van der Waals surface area contributed by atoms with Gasteiger partial charge in [-0.1, -0.05) is 0 Å². The van der Waals surface area contributed by atoms with Crippen molar-refractivity contribution >= 4 is 11.3 Å². The summed E-state index contributed by atoms with van der Waals surface area (Å²) in [7, 11) is 0. The van der Waals surface area contributed by atoms with Crippen LogP contribution >= 0.6 is 11.3 Å². The van der Waals surface area contributed by atoms with Gasteiger partial charge in [0, 0.05) is 25.8 Å². The average Bonchev–Trinajstić information content (AvgIpc) is 3.08. The summed E-state index contributed by atoms with van der Waals surface area (Å²) in [5.74, 6) is 0. The lowest BCUT2D eigenvalue weighted by Crippen LogP contribution is -2.36. The molecule has 1 heterocycles. The first-order valence-electron chi connectivity index (χ1n) is 6.81. The normalized spacial score (nSPS) is 15.8. The molecule has 1 fully saturated rings. The number of hydrogen-bond donors (Lipinski definition) is 0. The first kappa shape index (κ1) is 14.0. The van der Waals surface area contributed by atoms with Gasteiger partial charge in [0.05, 0.1) is 6.54 Å². The van der Waals surface area contributed by atoms with Crippen LogP contribution in [-0.4, -0.2) is 37.0 Å². The summed E-state index contributed by atoms with van der Waals surface area (Å²) in [6.45, 7) is 7.36. The van der Waals surface area contributed by atoms with E-state index >= 15 is 0 Å². The molecule has 2 rings (SSSR count). The number of hydrogen-bond acceptors (Lipinski definition) is 4. The molecule has 0 aromatic carbocycles. The molecule has 0 aliphatic heterocycles. The Morgan fingerprint density at radius 2 is 2.06 bits per heavy atom. The third kappa shape index (κ3) is 4.35. The Morgan fingerprint density at radius 1 is 1.33 bits per heavy atom. The summed E-state index contributed by atoms with van der Waals surface area (Å²) in [6, 6.07) is 2.93. The quantitative estimate of drug-likeness (QED) is 0.643. The van der Waals surface area contributed by atoms with Gasteiger partial charge in [-0.05, 0) is 49.1 Å². The molecule has 0 amide bonds. The molecule has 1 saturated carbocycles. The van der Waals surface area contributed by atoms with Crippen molar-refractivity contribution in [2.45, 2.75) is 45.6 Å². The Morgan fingerprint density at radius 3 is 2.56 bits per heavy atom. The molecule has 4 heteroatoms. The van der Waals surface area contributed by atoms with Crippen LogP contribution < -0.4 is 0 Å². The fraction of sp³-hybridized carbons (Fsp3) is 0.714. The maximum absolute atomic E-state index is 5.65. The second kappa shape index (κ2) is 7.24. The van der Waals surface area contributed by atoms with Crippen molar-refractivity contribution in [2.24, 2.45) is 0 Å². The lowest BCUT2D eigenvalue weighted by molar-refractivity contribution is -0.148. The van der Waals surface area contributed by atoms with Crippen LogP contribution in [0.4, 0.5) is 0 Å². The predicted molar refractivity (Wildman–Crippen MR) is 74.8 cm³/mol. The van der Waals surface area contributed by atoms with E-state index in [1.54, 1.807) is 11.3 Å². The Labute approximate surface area is 114 Å². The monoisotopic (exact) mass is 269 g/mol. The Bertz CT molecular complexity index is 319. The van der Waals surface area contributed by atoms with Gasteiger partial charge < -0.3 is 9.47 Å². The summed E-state index contributed by atoms with van der Waals surface area (Å²) in [5.41, 5.74) is 1.40. The van der Waals surface area contributed by atoms with Gasteiger partial charge in [-0.2, -0.15) is 11.3 Å². The number of nitrogens with zero attached hydrogens (tertiary/aromatic N) is 1. The molecule has 0 atom stereocenters. The van der Waals surface area contributed by atoms with Gasteiger partial charge in [-0.15, -0.1) is 0 Å². The van der Waals surface area contributed by atoms with Crippen LogP contribution in [0.1, 0.15) is 32.3 Å². The van der Waals surface area contributed by atoms with Gasteiger partial charge in [-0.25, -0.2) is 0 Å². The largest absolute Gasteiger partial charge is 0.352 e. The molecule has 0 radical (unpaired) electrons. The van der Waals surface area contributed by atoms with Crippen LogP contribution in [0.25, 0.3) is 0 Å². The molecule has 0 saturated heterocycles. The smallest absolute Gasteiger partial charge is 0.170 e. The van der Waals surface area contributed by atoms with E-state index in [-0.39, 0.29) is 6.29 Å². The summed E-state index contributed by atoms with van der Waals surface area (Å²) >= 11 is 1.76. The van der Waals surface area contributed by atoms with Gasteiger partial charge in [0.1, 0.15) is 0 Å². The van der Waals surface area contributed by atoms with E-state index in [0.29, 0.717) is 13.2 Å². The zero-order valence-corrected chi connectivity index (χ0v) is 12.1. The second-order valence-electron chi connectivity index (χ2n) is 4.63. The topological polar surface area (TPSA) is 21.7 Å². The number of rotatable bonds is 9. The first-order valence-corrected chi connectivity index (χ1v) is 7.76. The van der Waals surface area contributed by atoms with E-state index in [2.05, 4.69) is 21.7 Å². The van der Waals surface area contributed by atoms with Crippen molar-refractivity contribution in [1.29, 1.82) is 0 Å². The summed E-state index contributed by atoms with van der Waals surface area (Å²) in [6.07, 6.45) is 2.55. The lowest BCUT2D eigenvalue weighted by atomic mass is 10.3. The van der Waals surface area contributed by atoms with Crippen molar-refractivity contribution in [3.05, 3.63) is 22.4 Å². The van der Waals surface area contributed by atoms with E-state index in [9.17, 15) is 0 Å². The lowest BCUT2D eigenvalue weighted by Gasteiger charge is -2.26. The van der Waals surface area contributed by atoms with E-state index in [1.165, 1.54) is 18.4 Å². The van der Waals surface area contributed by atoms with Gasteiger partial charge in [0.15, 0.2) is 6.29 Å². The first-order chi connectivity index (χ1) is 8.83. The molecule has 0 N–H and O–H groups in total. The zero-order valence-electron chi connectivity index (χ0n) is 11.3. The van der Waals surface area contributed by atoms with Crippen LogP contribution in [0, 0.1) is 0 Å². The van der Waals surface area contributed by atoms with E-state index in [0.717, 1.165) is 19.1 Å². The molecule has 0 bridgehead atoms. The van der Waals surface area contributed by atoms with Crippen molar-refractivity contribution in [3.8, 4) is 0 Å². The predicted octanol–water partition coefficient (Wildman–Crippen LogP) is 3.11. The van der Waals surface area contributed by atoms with E-state index < -0.39 is 0 Å². The standard InChI is InChI=1S/C14H23NO2S/c1-3-16-14(17-4-2)10-15(13-5-6-13)9-12-7-8-18-11-12/h7-8,11,13-14H,3-6,9-10H2,1-2H3. The highest BCUT2D eigenvalue weighted by Gasteiger charge is 2.31. The van der Waals surface area contributed by atoms with Crippen LogP contribution in [0.2, 0.25) is 0 Å². The number of thiophene rings is 1. The Hall–Kier alpha value is -0.420. The van der Waals surface area contributed by atoms with Crippen LogP contribution in [0.3, 0.4) is 0 Å². The third-order valence-electron chi connectivity index (χ3n) is 3.12.